The molecule has 0 bridgehead atoms. The van der Waals surface area contributed by atoms with Crippen molar-refractivity contribution in [2.75, 3.05) is 44.2 Å². The van der Waals surface area contributed by atoms with E-state index in [1.807, 2.05) is 49.4 Å². The predicted octanol–water partition coefficient (Wildman–Crippen LogP) is 2.26. The highest BCUT2D eigenvalue weighted by Crippen LogP contribution is 2.27. The Morgan fingerprint density at radius 1 is 1.04 bits per heavy atom. The van der Waals surface area contributed by atoms with Crippen molar-refractivity contribution >= 4 is 5.69 Å². The Hall–Kier alpha value is -2.24. The van der Waals surface area contributed by atoms with Crippen LogP contribution in [0.2, 0.25) is 0 Å². The quantitative estimate of drug-likeness (QED) is 0.843. The summed E-state index contributed by atoms with van der Waals surface area (Å²) in [6, 6.07) is 15.3. The molecular weight excluding hydrogens is 316 g/mol. The van der Waals surface area contributed by atoms with E-state index in [1.54, 1.807) is 6.07 Å². The van der Waals surface area contributed by atoms with Crippen LogP contribution in [0.25, 0.3) is 0 Å². The Bertz CT molecular complexity index is 684. The number of β-amino-alcohol motifs (C(OH)–C–C–N with tert-alkyl or cyclic N) is 1. The number of anilines is 1. The number of aromatic hydroxyl groups is 1. The maximum Gasteiger partial charge on any atom is 0.138 e. The van der Waals surface area contributed by atoms with Gasteiger partial charge in [-0.15, -0.1) is 0 Å². The molecule has 134 valence electrons. The zero-order chi connectivity index (χ0) is 17.6. The summed E-state index contributed by atoms with van der Waals surface area (Å²) in [5, 5.41) is 20.2. The summed E-state index contributed by atoms with van der Waals surface area (Å²) in [4.78, 5) is 4.42. The van der Waals surface area contributed by atoms with Crippen molar-refractivity contribution < 1.29 is 14.9 Å². The van der Waals surface area contributed by atoms with Crippen LogP contribution in [0.3, 0.4) is 0 Å². The molecule has 25 heavy (non-hydrogen) atoms. The lowest BCUT2D eigenvalue weighted by molar-refractivity contribution is 0.0662. The van der Waals surface area contributed by atoms with E-state index >= 15 is 0 Å². The van der Waals surface area contributed by atoms with E-state index in [4.69, 9.17) is 4.74 Å². The topological polar surface area (TPSA) is 56.2 Å². The van der Waals surface area contributed by atoms with Gasteiger partial charge in [0.2, 0.25) is 0 Å². The van der Waals surface area contributed by atoms with Gasteiger partial charge in [0.05, 0.1) is 5.69 Å². The first kappa shape index (κ1) is 17.6. The summed E-state index contributed by atoms with van der Waals surface area (Å²) in [7, 11) is 0. The molecule has 2 N–H and O–H groups in total. The second-order valence-electron chi connectivity index (χ2n) is 6.56. The Morgan fingerprint density at radius 3 is 2.52 bits per heavy atom. The van der Waals surface area contributed by atoms with Gasteiger partial charge in [0.1, 0.15) is 24.2 Å². The smallest absolute Gasteiger partial charge is 0.138 e. The molecule has 1 unspecified atom stereocenters. The number of piperazine rings is 1. The minimum Gasteiger partial charge on any atom is -0.506 e. The lowest BCUT2D eigenvalue weighted by Crippen LogP contribution is -2.49. The molecule has 2 aromatic carbocycles. The molecule has 0 radical (unpaired) electrons. The minimum absolute atomic E-state index is 0.295. The average Bonchev–Trinajstić information content (AvgIpc) is 2.61. The van der Waals surface area contributed by atoms with E-state index in [-0.39, 0.29) is 0 Å². The maximum atomic E-state index is 10.2. The van der Waals surface area contributed by atoms with E-state index in [2.05, 4.69) is 9.80 Å². The van der Waals surface area contributed by atoms with Gasteiger partial charge in [-0.05, 0) is 36.8 Å². The van der Waals surface area contributed by atoms with Crippen molar-refractivity contribution in [2.24, 2.45) is 0 Å². The standard InChI is InChI=1S/C20H26N2O3/c1-16-5-4-6-18(13-16)25-15-17(23)14-21-9-11-22(12-10-21)19-7-2-3-8-20(19)24/h2-8,13,17,23-24H,9-12,14-15H2,1H3. The molecule has 0 spiro atoms. The molecule has 1 fully saturated rings. The second-order valence-corrected chi connectivity index (χ2v) is 6.56. The highest BCUT2D eigenvalue weighted by Gasteiger charge is 2.21. The summed E-state index contributed by atoms with van der Waals surface area (Å²) < 4.78 is 5.68. The summed E-state index contributed by atoms with van der Waals surface area (Å²) in [6.07, 6.45) is -0.516. The maximum absolute atomic E-state index is 10.2. The SMILES string of the molecule is Cc1cccc(OCC(O)CN2CCN(c3ccccc3O)CC2)c1. The Balaban J connectivity index is 1.43. The zero-order valence-corrected chi connectivity index (χ0v) is 14.6. The van der Waals surface area contributed by atoms with Crippen molar-refractivity contribution in [3.05, 3.63) is 54.1 Å². The Labute approximate surface area is 149 Å². The first-order valence-corrected chi connectivity index (χ1v) is 8.74. The number of hydrogen-bond donors (Lipinski definition) is 2. The summed E-state index contributed by atoms with van der Waals surface area (Å²) >= 11 is 0. The van der Waals surface area contributed by atoms with Gasteiger partial charge in [-0.1, -0.05) is 24.3 Å². The van der Waals surface area contributed by atoms with Gasteiger partial charge in [-0.3, -0.25) is 4.90 Å². The number of nitrogens with zero attached hydrogens (tertiary/aromatic N) is 2. The molecule has 3 rings (SSSR count). The highest BCUT2D eigenvalue weighted by atomic mass is 16.5. The number of phenols is 1. The Kier molecular flexibility index (Phi) is 5.79. The monoisotopic (exact) mass is 342 g/mol. The fourth-order valence-corrected chi connectivity index (χ4v) is 3.15. The molecule has 1 atom stereocenters. The number of ether oxygens (including phenoxy) is 1. The van der Waals surface area contributed by atoms with Crippen molar-refractivity contribution in [3.8, 4) is 11.5 Å². The van der Waals surface area contributed by atoms with Crippen molar-refractivity contribution in [1.29, 1.82) is 0 Å². The van der Waals surface area contributed by atoms with E-state index in [9.17, 15) is 10.2 Å². The zero-order valence-electron chi connectivity index (χ0n) is 14.6. The number of aliphatic hydroxyl groups is 1. The second kappa shape index (κ2) is 8.23. The molecule has 0 saturated carbocycles. The largest absolute Gasteiger partial charge is 0.506 e. The Morgan fingerprint density at radius 2 is 1.80 bits per heavy atom. The van der Waals surface area contributed by atoms with Crippen molar-refractivity contribution in [3.63, 3.8) is 0 Å². The summed E-state index contributed by atoms with van der Waals surface area (Å²) in [5.74, 6) is 1.12. The van der Waals surface area contributed by atoms with Gasteiger partial charge in [0.15, 0.2) is 0 Å². The lowest BCUT2D eigenvalue weighted by atomic mass is 10.2. The molecule has 1 heterocycles. The van der Waals surface area contributed by atoms with Crippen LogP contribution in [0.15, 0.2) is 48.5 Å². The van der Waals surface area contributed by atoms with Gasteiger partial charge in [-0.25, -0.2) is 0 Å². The van der Waals surface area contributed by atoms with Crippen LogP contribution in [-0.4, -0.2) is 60.5 Å². The van der Waals surface area contributed by atoms with E-state index < -0.39 is 6.10 Å². The molecule has 0 amide bonds. The first-order valence-electron chi connectivity index (χ1n) is 8.74. The number of para-hydroxylation sites is 2. The number of rotatable bonds is 6. The minimum atomic E-state index is -0.516. The molecular formula is C20H26N2O3. The van der Waals surface area contributed by atoms with Crippen LogP contribution in [-0.2, 0) is 0 Å². The predicted molar refractivity (Wildman–Crippen MR) is 99.4 cm³/mol. The van der Waals surface area contributed by atoms with Crippen LogP contribution in [0.1, 0.15) is 5.56 Å². The van der Waals surface area contributed by atoms with Gasteiger partial charge in [0, 0.05) is 32.7 Å². The van der Waals surface area contributed by atoms with Gasteiger partial charge in [-0.2, -0.15) is 0 Å². The molecule has 1 saturated heterocycles. The highest BCUT2D eigenvalue weighted by molar-refractivity contribution is 5.57. The molecule has 0 aromatic heterocycles. The van der Waals surface area contributed by atoms with E-state index in [0.717, 1.165) is 43.2 Å². The van der Waals surface area contributed by atoms with Crippen LogP contribution < -0.4 is 9.64 Å². The van der Waals surface area contributed by atoms with Crippen LogP contribution in [0, 0.1) is 6.92 Å². The van der Waals surface area contributed by atoms with Crippen LogP contribution in [0.4, 0.5) is 5.69 Å². The fraction of sp³-hybridized carbons (Fsp3) is 0.400. The number of benzene rings is 2. The number of aryl methyl sites for hydroxylation is 1. The number of aliphatic hydroxyl groups excluding tert-OH is 1. The summed E-state index contributed by atoms with van der Waals surface area (Å²) in [6.45, 7) is 6.30. The molecule has 0 aliphatic carbocycles. The normalized spacial score (nSPS) is 16.6. The van der Waals surface area contributed by atoms with Gasteiger partial charge < -0.3 is 19.8 Å². The fourth-order valence-electron chi connectivity index (χ4n) is 3.15. The molecule has 5 heteroatoms. The van der Waals surface area contributed by atoms with Crippen molar-refractivity contribution in [1.82, 2.24) is 4.90 Å². The third-order valence-electron chi connectivity index (χ3n) is 4.50. The third kappa shape index (κ3) is 4.87. The first-order chi connectivity index (χ1) is 12.1. The number of phenolic OH excluding ortho intramolecular Hbond substituents is 1. The van der Waals surface area contributed by atoms with Crippen LogP contribution in [0.5, 0.6) is 11.5 Å². The van der Waals surface area contributed by atoms with Crippen LogP contribution >= 0.6 is 0 Å². The third-order valence-corrected chi connectivity index (χ3v) is 4.50. The molecule has 1 aliphatic heterocycles. The summed E-state index contributed by atoms with van der Waals surface area (Å²) in [5.41, 5.74) is 2.03. The number of hydrogen-bond acceptors (Lipinski definition) is 5. The lowest BCUT2D eigenvalue weighted by Gasteiger charge is -2.37. The molecule has 1 aliphatic rings. The van der Waals surface area contributed by atoms with E-state index in [1.165, 1.54) is 0 Å². The van der Waals surface area contributed by atoms with Gasteiger partial charge >= 0.3 is 0 Å². The van der Waals surface area contributed by atoms with Crippen molar-refractivity contribution in [2.45, 2.75) is 13.0 Å². The average molecular weight is 342 g/mol. The van der Waals surface area contributed by atoms with E-state index in [0.29, 0.717) is 18.9 Å². The molecule has 5 nitrogen and oxygen atoms in total. The molecule has 2 aromatic rings. The van der Waals surface area contributed by atoms with Gasteiger partial charge in [0.25, 0.3) is 0 Å².